The molecule has 0 rings (SSSR count). The van der Waals surface area contributed by atoms with Crippen LogP contribution in [-0.2, 0) is 10.1 Å². The molecular formula is C12H31NaO3SSi3. The molecule has 0 radical (unpaired) electrons. The fourth-order valence-electron chi connectivity index (χ4n) is 4.78. The molecule has 0 aliphatic rings. The van der Waals surface area contributed by atoms with E-state index in [0.29, 0.717) is 6.42 Å². The Balaban J connectivity index is 0. The molecule has 0 saturated heterocycles. The van der Waals surface area contributed by atoms with Gasteiger partial charge in [-0.1, -0.05) is 58.9 Å². The molecule has 0 unspecified atom stereocenters. The van der Waals surface area contributed by atoms with Gasteiger partial charge in [-0.3, -0.25) is 0 Å². The molecule has 0 atom stereocenters. The summed E-state index contributed by atoms with van der Waals surface area (Å²) in [6.07, 6.45) is 0.583. The van der Waals surface area contributed by atoms with Gasteiger partial charge in [0.25, 0.3) is 0 Å². The standard InChI is InChI=1S/C12H32O3SSi3.Na/c1-17(2,3)12(18(4,5)6,19(7,8)9)10-11-16(13,14)15;/h10-11H2,1-9H3,(H,13,14,15);/q;+1/p-1. The summed E-state index contributed by atoms with van der Waals surface area (Å²) in [6.45, 7) is 21.1. The first kappa shape index (κ1) is 23.8. The van der Waals surface area contributed by atoms with Gasteiger partial charge in [-0.25, -0.2) is 8.42 Å². The average Bonchev–Trinajstić information content (AvgIpc) is 1.92. The quantitative estimate of drug-likeness (QED) is 0.518. The molecule has 0 amide bonds. The summed E-state index contributed by atoms with van der Waals surface area (Å²) in [7, 11) is -8.88. The number of hydrogen-bond acceptors (Lipinski definition) is 3. The Morgan fingerprint density at radius 2 is 1.05 bits per heavy atom. The minimum absolute atomic E-state index is 0. The first-order chi connectivity index (χ1) is 7.96. The molecule has 0 aromatic rings. The normalized spacial score (nSPS) is 14.9. The van der Waals surface area contributed by atoms with E-state index in [1.807, 2.05) is 0 Å². The smallest absolute Gasteiger partial charge is 0.748 e. The fraction of sp³-hybridized carbons (Fsp3) is 1.00. The van der Waals surface area contributed by atoms with Gasteiger partial charge in [0.15, 0.2) is 0 Å². The summed E-state index contributed by atoms with van der Waals surface area (Å²) in [5, 5.41) is 0. The van der Waals surface area contributed by atoms with E-state index in [9.17, 15) is 13.0 Å². The van der Waals surface area contributed by atoms with E-state index >= 15 is 0 Å². The Bertz CT molecular complexity index is 381. The van der Waals surface area contributed by atoms with Gasteiger partial charge in [-0.05, 0) is 10.7 Å². The number of hydrogen-bond donors (Lipinski definition) is 0. The minimum Gasteiger partial charge on any atom is -0.748 e. The third-order valence-electron chi connectivity index (χ3n) is 4.57. The Labute approximate surface area is 151 Å². The summed E-state index contributed by atoms with van der Waals surface area (Å²) < 4.78 is 33.6. The van der Waals surface area contributed by atoms with Crippen LogP contribution in [0.4, 0.5) is 0 Å². The maximum atomic E-state index is 11.1. The molecule has 116 valence electrons. The third-order valence-corrected chi connectivity index (χ3v) is 27.2. The maximum Gasteiger partial charge on any atom is 1.00 e. The predicted octanol–water partition coefficient (Wildman–Crippen LogP) is 0.759. The van der Waals surface area contributed by atoms with Gasteiger partial charge in [-0.15, -0.1) is 0 Å². The molecule has 0 aliphatic heterocycles. The van der Waals surface area contributed by atoms with Crippen molar-refractivity contribution in [2.24, 2.45) is 0 Å². The zero-order valence-corrected chi connectivity index (χ0v) is 20.9. The van der Waals surface area contributed by atoms with Crippen LogP contribution in [-0.4, -0.2) is 42.9 Å². The number of rotatable bonds is 6. The van der Waals surface area contributed by atoms with Gasteiger partial charge in [0.2, 0.25) is 0 Å². The summed E-state index contributed by atoms with van der Waals surface area (Å²) in [6, 6.07) is 0. The van der Waals surface area contributed by atoms with Crippen LogP contribution >= 0.6 is 0 Å². The van der Waals surface area contributed by atoms with Gasteiger partial charge >= 0.3 is 29.6 Å². The third kappa shape index (κ3) is 5.33. The van der Waals surface area contributed by atoms with Crippen LogP contribution in [0.3, 0.4) is 0 Å². The zero-order valence-electron chi connectivity index (χ0n) is 15.0. The molecule has 0 fully saturated rings. The van der Waals surface area contributed by atoms with Crippen LogP contribution in [0.2, 0.25) is 63.2 Å². The maximum absolute atomic E-state index is 11.1. The predicted molar refractivity (Wildman–Crippen MR) is 91.9 cm³/mol. The summed E-state index contributed by atoms with van der Waals surface area (Å²) >= 11 is 0. The summed E-state index contributed by atoms with van der Waals surface area (Å²) in [5.41, 5.74) is 0. The molecule has 0 aliphatic carbocycles. The Hall–Kier alpha value is 1.56. The SMILES string of the molecule is C[Si](C)(C)C(CCS(=O)(=O)[O-])([Si](C)(C)C)[Si](C)(C)C.[Na+]. The van der Waals surface area contributed by atoms with Gasteiger partial charge in [0, 0.05) is 30.0 Å². The monoisotopic (exact) mass is 362 g/mol. The summed E-state index contributed by atoms with van der Waals surface area (Å²) in [5.74, 6) is -0.189. The van der Waals surface area contributed by atoms with Crippen molar-refractivity contribution in [3.63, 3.8) is 0 Å². The largest absolute Gasteiger partial charge is 1.00 e. The van der Waals surface area contributed by atoms with Crippen LogP contribution in [0.25, 0.3) is 0 Å². The topological polar surface area (TPSA) is 57.2 Å². The van der Waals surface area contributed by atoms with Crippen molar-refractivity contribution in [2.45, 2.75) is 69.6 Å². The van der Waals surface area contributed by atoms with Gasteiger partial charge in [-0.2, -0.15) is 0 Å². The minimum atomic E-state index is -4.12. The van der Waals surface area contributed by atoms with Crippen molar-refractivity contribution >= 4 is 34.3 Å². The summed E-state index contributed by atoms with van der Waals surface area (Å²) in [4.78, 5) is 0. The van der Waals surface area contributed by atoms with Gasteiger partial charge in [0.05, 0.1) is 10.1 Å². The van der Waals surface area contributed by atoms with Crippen LogP contribution in [0.5, 0.6) is 0 Å². The molecule has 0 N–H and O–H groups in total. The first-order valence-electron chi connectivity index (χ1n) is 6.89. The molecule has 0 spiro atoms. The van der Waals surface area contributed by atoms with Gasteiger partial charge < -0.3 is 4.55 Å². The molecule has 0 aromatic carbocycles. The van der Waals surface area contributed by atoms with E-state index in [4.69, 9.17) is 0 Å². The van der Waals surface area contributed by atoms with E-state index in [1.54, 1.807) is 0 Å². The molecule has 0 aromatic heterocycles. The van der Waals surface area contributed by atoms with Crippen molar-refractivity contribution in [1.29, 1.82) is 0 Å². The second-order valence-corrected chi connectivity index (χ2v) is 27.8. The van der Waals surface area contributed by atoms with E-state index in [1.165, 1.54) is 0 Å². The Morgan fingerprint density at radius 1 is 0.800 bits per heavy atom. The van der Waals surface area contributed by atoms with Crippen LogP contribution in [0.15, 0.2) is 0 Å². The van der Waals surface area contributed by atoms with Crippen LogP contribution in [0.1, 0.15) is 6.42 Å². The Morgan fingerprint density at radius 3 is 1.20 bits per heavy atom. The first-order valence-corrected chi connectivity index (χ1v) is 19.0. The second kappa shape index (κ2) is 6.98. The van der Waals surface area contributed by atoms with Crippen LogP contribution < -0.4 is 29.6 Å². The zero-order chi connectivity index (χ0) is 15.9. The molecule has 20 heavy (non-hydrogen) atoms. The molecule has 0 saturated carbocycles. The van der Waals surface area contributed by atoms with Crippen molar-refractivity contribution < 1.29 is 42.5 Å². The molecule has 0 bridgehead atoms. The molecule has 3 nitrogen and oxygen atoms in total. The van der Waals surface area contributed by atoms with Crippen molar-refractivity contribution in [2.75, 3.05) is 5.75 Å². The molecular weight excluding hydrogens is 331 g/mol. The van der Waals surface area contributed by atoms with Crippen LogP contribution in [0, 0.1) is 0 Å². The van der Waals surface area contributed by atoms with E-state index in [-0.39, 0.29) is 39.6 Å². The Kier molecular flexibility index (Phi) is 8.32. The molecule has 0 heterocycles. The second-order valence-electron chi connectivity index (χ2n) is 8.67. The van der Waals surface area contributed by atoms with E-state index in [0.717, 1.165) is 0 Å². The van der Waals surface area contributed by atoms with E-state index in [2.05, 4.69) is 58.9 Å². The molecule has 8 heteroatoms. The van der Waals surface area contributed by atoms with Gasteiger partial charge in [0.1, 0.15) is 0 Å². The van der Waals surface area contributed by atoms with Crippen molar-refractivity contribution in [3.05, 3.63) is 0 Å². The fourth-order valence-corrected chi connectivity index (χ4v) is 35.5. The van der Waals surface area contributed by atoms with Crippen molar-refractivity contribution in [1.82, 2.24) is 0 Å². The average molecular weight is 363 g/mol. The van der Waals surface area contributed by atoms with E-state index < -0.39 is 34.3 Å². The van der Waals surface area contributed by atoms with Crippen molar-refractivity contribution in [3.8, 4) is 0 Å².